The van der Waals surface area contributed by atoms with E-state index in [-0.39, 0.29) is 24.1 Å². The second kappa shape index (κ2) is 9.03. The second-order valence-electron chi connectivity index (χ2n) is 7.85. The molecule has 150 valence electrons. The van der Waals surface area contributed by atoms with Crippen molar-refractivity contribution in [2.45, 2.75) is 57.5 Å². The first kappa shape index (κ1) is 19.4. The van der Waals surface area contributed by atoms with Crippen molar-refractivity contribution < 1.29 is 4.79 Å². The van der Waals surface area contributed by atoms with Crippen LogP contribution in [0.3, 0.4) is 0 Å². The van der Waals surface area contributed by atoms with Gasteiger partial charge in [0.15, 0.2) is 0 Å². The van der Waals surface area contributed by atoms with Crippen molar-refractivity contribution >= 4 is 16.7 Å². The highest BCUT2D eigenvalue weighted by molar-refractivity contribution is 5.95. The molecule has 29 heavy (non-hydrogen) atoms. The molecular weight excluding hydrogens is 362 g/mol. The summed E-state index contributed by atoms with van der Waals surface area (Å²) in [6, 6.07) is 17.5. The number of nitrogens with one attached hydrogen (secondary N) is 1. The van der Waals surface area contributed by atoms with Gasteiger partial charge >= 0.3 is 0 Å². The first-order chi connectivity index (χ1) is 14.2. The summed E-state index contributed by atoms with van der Waals surface area (Å²) in [6.45, 7) is -0.0477. The summed E-state index contributed by atoms with van der Waals surface area (Å²) < 4.78 is 1.27. The molecule has 5 nitrogen and oxygen atoms in total. The fraction of sp³-hybridized carbons (Fsp3) is 0.375. The zero-order valence-electron chi connectivity index (χ0n) is 16.6. The molecule has 0 spiro atoms. The maximum atomic E-state index is 12.6. The molecule has 1 aliphatic carbocycles. The smallest absolute Gasteiger partial charge is 0.267 e. The zero-order valence-corrected chi connectivity index (χ0v) is 16.6. The van der Waals surface area contributed by atoms with Crippen LogP contribution in [0, 0.1) is 0 Å². The Bertz CT molecular complexity index is 1040. The Morgan fingerprint density at radius 1 is 0.931 bits per heavy atom. The summed E-state index contributed by atoms with van der Waals surface area (Å²) in [5, 5.41) is 9.81. The molecule has 0 unspecified atom stereocenters. The summed E-state index contributed by atoms with van der Waals surface area (Å²) in [5.74, 6) is -0.139. The van der Waals surface area contributed by atoms with Crippen LogP contribution in [0.4, 0.5) is 0 Å². The Kier molecular flexibility index (Phi) is 6.03. The highest BCUT2D eigenvalue weighted by Gasteiger charge is 2.15. The number of carbonyl (C=O) groups excluding carboxylic acids is 1. The molecular formula is C24H27N3O2. The third kappa shape index (κ3) is 4.73. The van der Waals surface area contributed by atoms with E-state index < -0.39 is 0 Å². The van der Waals surface area contributed by atoms with Gasteiger partial charge in [-0.25, -0.2) is 4.68 Å². The third-order valence-electron chi connectivity index (χ3n) is 5.70. The maximum Gasteiger partial charge on any atom is 0.267 e. The number of benzene rings is 2. The van der Waals surface area contributed by atoms with E-state index in [1.807, 2.05) is 30.3 Å². The molecule has 1 aliphatic rings. The van der Waals surface area contributed by atoms with Crippen molar-refractivity contribution in [2.75, 3.05) is 0 Å². The van der Waals surface area contributed by atoms with Gasteiger partial charge in [-0.05, 0) is 29.7 Å². The number of nitrogens with zero attached hydrogens (tertiary/aromatic N) is 2. The standard InChI is InChI=1S/C24H27N3O2/c28-23(25-19-11-4-2-1-3-5-12-19)17-27-24(29)16-15-22(26-27)21-14-8-10-18-9-6-7-13-20(18)21/h6-10,13-16,19H,1-5,11-12,17H2,(H,25,28). The highest BCUT2D eigenvalue weighted by Crippen LogP contribution is 2.26. The summed E-state index contributed by atoms with van der Waals surface area (Å²) in [7, 11) is 0. The summed E-state index contributed by atoms with van der Waals surface area (Å²) in [6.07, 6.45) is 8.11. The van der Waals surface area contributed by atoms with Crippen molar-refractivity contribution in [1.82, 2.24) is 15.1 Å². The van der Waals surface area contributed by atoms with Crippen LogP contribution in [-0.4, -0.2) is 21.7 Å². The van der Waals surface area contributed by atoms with Crippen LogP contribution in [0.2, 0.25) is 0 Å². The number of aromatic nitrogens is 2. The van der Waals surface area contributed by atoms with Gasteiger partial charge in [-0.1, -0.05) is 74.6 Å². The normalized spacial score (nSPS) is 15.6. The molecule has 0 aliphatic heterocycles. The molecule has 1 fully saturated rings. The molecule has 5 heteroatoms. The van der Waals surface area contributed by atoms with E-state index in [0.717, 1.165) is 42.0 Å². The molecule has 1 N–H and O–H groups in total. The van der Waals surface area contributed by atoms with Crippen LogP contribution in [-0.2, 0) is 11.3 Å². The van der Waals surface area contributed by atoms with E-state index in [1.54, 1.807) is 6.07 Å². The lowest BCUT2D eigenvalue weighted by atomic mass is 9.97. The van der Waals surface area contributed by atoms with E-state index in [4.69, 9.17) is 0 Å². The lowest BCUT2D eigenvalue weighted by molar-refractivity contribution is -0.122. The van der Waals surface area contributed by atoms with E-state index in [9.17, 15) is 9.59 Å². The van der Waals surface area contributed by atoms with Crippen LogP contribution in [0.25, 0.3) is 22.0 Å². The van der Waals surface area contributed by atoms with Gasteiger partial charge in [0.2, 0.25) is 5.91 Å². The average Bonchev–Trinajstić information content (AvgIpc) is 2.71. The molecule has 4 rings (SSSR count). The Hall–Kier alpha value is -2.95. The quantitative estimate of drug-likeness (QED) is 0.724. The van der Waals surface area contributed by atoms with Crippen molar-refractivity contribution in [1.29, 1.82) is 0 Å². The van der Waals surface area contributed by atoms with Gasteiger partial charge in [0.1, 0.15) is 6.54 Å². The van der Waals surface area contributed by atoms with Crippen LogP contribution in [0.15, 0.2) is 59.4 Å². The summed E-state index contributed by atoms with van der Waals surface area (Å²) in [5.41, 5.74) is 1.39. The van der Waals surface area contributed by atoms with Gasteiger partial charge in [0.25, 0.3) is 5.56 Å². The lowest BCUT2D eigenvalue weighted by Crippen LogP contribution is -2.39. The molecule has 0 atom stereocenters. The van der Waals surface area contributed by atoms with Crippen molar-refractivity contribution in [3.05, 3.63) is 65.0 Å². The minimum Gasteiger partial charge on any atom is -0.352 e. The SMILES string of the molecule is O=C(Cn1nc(-c2cccc3ccccc23)ccc1=O)NC1CCCCCCC1. The number of fused-ring (bicyclic) bond motifs is 1. The van der Waals surface area contributed by atoms with Crippen molar-refractivity contribution in [2.24, 2.45) is 0 Å². The van der Waals surface area contributed by atoms with Crippen LogP contribution in [0.1, 0.15) is 44.9 Å². The van der Waals surface area contributed by atoms with Gasteiger partial charge in [-0.2, -0.15) is 5.10 Å². The predicted octanol–water partition coefficient (Wildman–Crippen LogP) is 4.29. The molecule has 0 radical (unpaired) electrons. The molecule has 1 heterocycles. The Labute approximate surface area is 170 Å². The van der Waals surface area contributed by atoms with Gasteiger partial charge in [-0.15, -0.1) is 0 Å². The fourth-order valence-electron chi connectivity index (χ4n) is 4.16. The van der Waals surface area contributed by atoms with Gasteiger partial charge < -0.3 is 5.32 Å². The molecule has 1 saturated carbocycles. The first-order valence-corrected chi connectivity index (χ1v) is 10.6. The molecule has 0 bridgehead atoms. The van der Waals surface area contributed by atoms with Gasteiger partial charge in [0.05, 0.1) is 5.69 Å². The largest absolute Gasteiger partial charge is 0.352 e. The molecule has 3 aromatic rings. The third-order valence-corrected chi connectivity index (χ3v) is 5.70. The zero-order chi connectivity index (χ0) is 20.1. The molecule has 1 aromatic heterocycles. The Morgan fingerprint density at radius 3 is 2.48 bits per heavy atom. The van der Waals surface area contributed by atoms with Crippen molar-refractivity contribution in [3.63, 3.8) is 0 Å². The van der Waals surface area contributed by atoms with Crippen LogP contribution >= 0.6 is 0 Å². The fourth-order valence-corrected chi connectivity index (χ4v) is 4.16. The molecule has 1 amide bonds. The maximum absolute atomic E-state index is 12.6. The highest BCUT2D eigenvalue weighted by atomic mass is 16.2. The number of rotatable bonds is 4. The minimum absolute atomic E-state index is 0.0477. The van der Waals surface area contributed by atoms with E-state index >= 15 is 0 Å². The lowest BCUT2D eigenvalue weighted by Gasteiger charge is -2.21. The topological polar surface area (TPSA) is 64.0 Å². The first-order valence-electron chi connectivity index (χ1n) is 10.6. The monoisotopic (exact) mass is 389 g/mol. The summed E-state index contributed by atoms with van der Waals surface area (Å²) >= 11 is 0. The molecule has 0 saturated heterocycles. The van der Waals surface area contributed by atoms with Crippen LogP contribution in [0.5, 0.6) is 0 Å². The Morgan fingerprint density at radius 2 is 1.66 bits per heavy atom. The van der Waals surface area contributed by atoms with Gasteiger partial charge in [-0.3, -0.25) is 9.59 Å². The van der Waals surface area contributed by atoms with Crippen molar-refractivity contribution in [3.8, 4) is 11.3 Å². The number of hydrogen-bond acceptors (Lipinski definition) is 3. The van der Waals surface area contributed by atoms with Gasteiger partial charge in [0, 0.05) is 17.7 Å². The number of amides is 1. The number of carbonyl (C=O) groups is 1. The number of hydrogen-bond donors (Lipinski definition) is 1. The van der Waals surface area contributed by atoms with E-state index in [0.29, 0.717) is 5.69 Å². The molecule has 2 aromatic carbocycles. The second-order valence-corrected chi connectivity index (χ2v) is 7.85. The van der Waals surface area contributed by atoms with E-state index in [1.165, 1.54) is 30.0 Å². The van der Waals surface area contributed by atoms with Crippen LogP contribution < -0.4 is 10.9 Å². The summed E-state index contributed by atoms with van der Waals surface area (Å²) in [4.78, 5) is 24.9. The predicted molar refractivity (Wildman–Crippen MR) is 116 cm³/mol. The minimum atomic E-state index is -0.262. The average molecular weight is 389 g/mol. The van der Waals surface area contributed by atoms with E-state index in [2.05, 4.69) is 22.5 Å². The Balaban J connectivity index is 1.54.